The molecule has 0 saturated carbocycles. The summed E-state index contributed by atoms with van der Waals surface area (Å²) in [5.41, 5.74) is 2.24. The normalized spacial score (nSPS) is 12.1. The second-order valence-electron chi connectivity index (χ2n) is 7.63. The maximum Gasteiger partial charge on any atom is 0.251 e. The molecule has 0 aliphatic heterocycles. The first kappa shape index (κ1) is 21.9. The third kappa shape index (κ3) is 5.21. The first-order valence-electron chi connectivity index (χ1n) is 9.95. The molecule has 1 amide bonds. The van der Waals surface area contributed by atoms with Crippen LogP contribution in [0.3, 0.4) is 0 Å². The minimum Gasteiger partial charge on any atom is -0.493 e. The Morgan fingerprint density at radius 2 is 2.03 bits per heavy atom. The summed E-state index contributed by atoms with van der Waals surface area (Å²) >= 11 is 1.66. The Balaban J connectivity index is 1.73. The molecule has 7 heteroatoms. The molecule has 1 unspecified atom stereocenters. The monoisotopic (exact) mass is 428 g/mol. The van der Waals surface area contributed by atoms with Crippen LogP contribution >= 0.6 is 11.3 Å². The largest absolute Gasteiger partial charge is 0.493 e. The van der Waals surface area contributed by atoms with Crippen molar-refractivity contribution in [1.29, 1.82) is 0 Å². The Labute approximate surface area is 181 Å². The number of nitrogens with zero attached hydrogens (tertiary/aromatic N) is 1. The number of rotatable bonds is 9. The fourth-order valence-electron chi connectivity index (χ4n) is 3.23. The van der Waals surface area contributed by atoms with Crippen molar-refractivity contribution in [2.75, 3.05) is 7.11 Å². The second-order valence-corrected chi connectivity index (χ2v) is 8.61. The Hall–Kier alpha value is -2.80. The SMILES string of the molecule is COc1cc(C(=O)NC(CC(C)C)c2cccs2)ccc1OCc1c(C)noc1C. The van der Waals surface area contributed by atoms with Crippen LogP contribution in [-0.4, -0.2) is 18.2 Å². The van der Waals surface area contributed by atoms with Gasteiger partial charge in [-0.05, 0) is 55.8 Å². The predicted molar refractivity (Wildman–Crippen MR) is 117 cm³/mol. The van der Waals surface area contributed by atoms with E-state index in [0.29, 0.717) is 29.6 Å². The molecule has 0 aliphatic carbocycles. The van der Waals surface area contributed by atoms with Gasteiger partial charge in [0.1, 0.15) is 12.4 Å². The number of ether oxygens (including phenoxy) is 2. The van der Waals surface area contributed by atoms with Crippen LogP contribution in [0.2, 0.25) is 0 Å². The number of carbonyl (C=O) groups excluding carboxylic acids is 1. The zero-order valence-electron chi connectivity index (χ0n) is 18.0. The Morgan fingerprint density at radius 3 is 2.63 bits per heavy atom. The molecule has 0 saturated heterocycles. The van der Waals surface area contributed by atoms with Gasteiger partial charge in [-0.3, -0.25) is 4.79 Å². The molecule has 2 heterocycles. The molecule has 0 fully saturated rings. The van der Waals surface area contributed by atoms with Gasteiger partial charge in [0, 0.05) is 10.4 Å². The molecule has 0 bridgehead atoms. The highest BCUT2D eigenvalue weighted by Crippen LogP contribution is 2.31. The fourth-order valence-corrected chi connectivity index (χ4v) is 4.03. The summed E-state index contributed by atoms with van der Waals surface area (Å²) in [6.45, 7) is 8.35. The van der Waals surface area contributed by atoms with Gasteiger partial charge < -0.3 is 19.3 Å². The van der Waals surface area contributed by atoms with E-state index in [1.165, 1.54) is 0 Å². The summed E-state index contributed by atoms with van der Waals surface area (Å²) in [7, 11) is 1.56. The van der Waals surface area contributed by atoms with Crippen molar-refractivity contribution in [1.82, 2.24) is 10.5 Å². The number of benzene rings is 1. The van der Waals surface area contributed by atoms with Crippen LogP contribution < -0.4 is 14.8 Å². The first-order valence-corrected chi connectivity index (χ1v) is 10.8. The first-order chi connectivity index (χ1) is 14.4. The Kier molecular flexibility index (Phi) is 7.15. The van der Waals surface area contributed by atoms with Crippen LogP contribution in [0.4, 0.5) is 0 Å². The average Bonchev–Trinajstić information content (AvgIpc) is 3.36. The van der Waals surface area contributed by atoms with Crippen LogP contribution in [0.1, 0.15) is 58.6 Å². The van der Waals surface area contributed by atoms with Crippen molar-refractivity contribution >= 4 is 17.2 Å². The van der Waals surface area contributed by atoms with E-state index in [2.05, 4.69) is 30.4 Å². The van der Waals surface area contributed by atoms with E-state index in [0.717, 1.165) is 28.3 Å². The molecule has 0 spiro atoms. The summed E-state index contributed by atoms with van der Waals surface area (Å²) in [5, 5.41) is 9.13. The standard InChI is InChI=1S/C23H28N2O4S/c1-14(2)11-19(22-7-6-10-30-22)24-23(26)17-8-9-20(21(12-17)27-5)28-13-18-15(3)25-29-16(18)4/h6-10,12,14,19H,11,13H2,1-5H3,(H,24,26). The highest BCUT2D eigenvalue weighted by Gasteiger charge is 2.19. The smallest absolute Gasteiger partial charge is 0.251 e. The topological polar surface area (TPSA) is 73.6 Å². The molecule has 0 aliphatic rings. The number of hydrogen-bond donors (Lipinski definition) is 1. The van der Waals surface area contributed by atoms with Gasteiger partial charge in [-0.2, -0.15) is 0 Å². The summed E-state index contributed by atoms with van der Waals surface area (Å²) in [5.74, 6) is 2.13. The van der Waals surface area contributed by atoms with Crippen LogP contribution in [0.15, 0.2) is 40.2 Å². The molecule has 6 nitrogen and oxygen atoms in total. The number of carbonyl (C=O) groups is 1. The summed E-state index contributed by atoms with van der Waals surface area (Å²) in [4.78, 5) is 14.1. The van der Waals surface area contributed by atoms with E-state index in [-0.39, 0.29) is 11.9 Å². The molecule has 1 N–H and O–H groups in total. The minimum absolute atomic E-state index is 0.0148. The molecule has 3 rings (SSSR count). The van der Waals surface area contributed by atoms with Gasteiger partial charge in [0.2, 0.25) is 0 Å². The second kappa shape index (κ2) is 9.80. The van der Waals surface area contributed by atoms with Gasteiger partial charge >= 0.3 is 0 Å². The maximum absolute atomic E-state index is 12.9. The van der Waals surface area contributed by atoms with Crippen LogP contribution in [0.5, 0.6) is 11.5 Å². The molecule has 3 aromatic rings. The van der Waals surface area contributed by atoms with E-state index < -0.39 is 0 Å². The number of aromatic nitrogens is 1. The van der Waals surface area contributed by atoms with E-state index in [1.807, 2.05) is 25.3 Å². The van der Waals surface area contributed by atoms with E-state index >= 15 is 0 Å². The molecule has 1 atom stereocenters. The van der Waals surface area contributed by atoms with Gasteiger partial charge in [0.25, 0.3) is 5.91 Å². The molecule has 160 valence electrons. The average molecular weight is 429 g/mol. The highest BCUT2D eigenvalue weighted by atomic mass is 32.1. The zero-order chi connectivity index (χ0) is 21.7. The van der Waals surface area contributed by atoms with Gasteiger partial charge in [0.15, 0.2) is 11.5 Å². The molecular formula is C23H28N2O4S. The van der Waals surface area contributed by atoms with E-state index in [1.54, 1.807) is 36.6 Å². The van der Waals surface area contributed by atoms with Crippen LogP contribution in [0, 0.1) is 19.8 Å². The zero-order valence-corrected chi connectivity index (χ0v) is 18.8. The maximum atomic E-state index is 12.9. The van der Waals surface area contributed by atoms with E-state index in [4.69, 9.17) is 14.0 Å². The molecular weight excluding hydrogens is 400 g/mol. The number of methoxy groups -OCH3 is 1. The van der Waals surface area contributed by atoms with Crippen LogP contribution in [-0.2, 0) is 6.61 Å². The fraction of sp³-hybridized carbons (Fsp3) is 0.391. The number of nitrogens with one attached hydrogen (secondary N) is 1. The quantitative estimate of drug-likeness (QED) is 0.490. The molecule has 0 radical (unpaired) electrons. The van der Waals surface area contributed by atoms with Crippen molar-refractivity contribution in [2.45, 2.75) is 46.8 Å². The lowest BCUT2D eigenvalue weighted by Crippen LogP contribution is -2.29. The van der Waals surface area contributed by atoms with Crippen molar-refractivity contribution in [3.05, 3.63) is 63.2 Å². The lowest BCUT2D eigenvalue weighted by atomic mass is 10.0. The molecule has 2 aromatic heterocycles. The van der Waals surface area contributed by atoms with E-state index in [9.17, 15) is 4.79 Å². The van der Waals surface area contributed by atoms with Crippen molar-refractivity contribution < 1.29 is 18.8 Å². The number of thiophene rings is 1. The summed E-state index contributed by atoms with van der Waals surface area (Å²) in [6, 6.07) is 9.27. The van der Waals surface area contributed by atoms with Crippen LogP contribution in [0.25, 0.3) is 0 Å². The predicted octanol–water partition coefficient (Wildman–Crippen LogP) is 5.46. The third-order valence-electron chi connectivity index (χ3n) is 4.88. The van der Waals surface area contributed by atoms with Crippen molar-refractivity contribution in [3.8, 4) is 11.5 Å². The summed E-state index contributed by atoms with van der Waals surface area (Å²) in [6.07, 6.45) is 0.877. The number of aryl methyl sites for hydroxylation is 2. The lowest BCUT2D eigenvalue weighted by Gasteiger charge is -2.20. The molecule has 30 heavy (non-hydrogen) atoms. The highest BCUT2D eigenvalue weighted by molar-refractivity contribution is 7.10. The van der Waals surface area contributed by atoms with Crippen molar-refractivity contribution in [2.24, 2.45) is 5.92 Å². The number of amides is 1. The number of hydrogen-bond acceptors (Lipinski definition) is 6. The Bertz CT molecular complexity index is 960. The third-order valence-corrected chi connectivity index (χ3v) is 5.86. The van der Waals surface area contributed by atoms with Gasteiger partial charge in [0.05, 0.1) is 24.4 Å². The van der Waals surface area contributed by atoms with Gasteiger partial charge in [-0.1, -0.05) is 25.1 Å². The van der Waals surface area contributed by atoms with Crippen molar-refractivity contribution in [3.63, 3.8) is 0 Å². The summed E-state index contributed by atoms with van der Waals surface area (Å²) < 4.78 is 16.5. The molecule has 1 aromatic carbocycles. The van der Waals surface area contributed by atoms with Gasteiger partial charge in [-0.25, -0.2) is 0 Å². The lowest BCUT2D eigenvalue weighted by molar-refractivity contribution is 0.0932. The minimum atomic E-state index is -0.135. The Morgan fingerprint density at radius 1 is 1.23 bits per heavy atom. The van der Waals surface area contributed by atoms with Gasteiger partial charge in [-0.15, -0.1) is 11.3 Å².